The van der Waals surface area contributed by atoms with Gasteiger partial charge in [-0.25, -0.2) is 8.42 Å². The molecule has 2 aromatic carbocycles. The van der Waals surface area contributed by atoms with Crippen molar-refractivity contribution >= 4 is 16.1 Å². The molecule has 0 N–H and O–H groups in total. The highest BCUT2D eigenvalue weighted by molar-refractivity contribution is 7.92. The van der Waals surface area contributed by atoms with Crippen molar-refractivity contribution in [2.75, 3.05) is 0 Å². The van der Waals surface area contributed by atoms with E-state index in [0.29, 0.717) is 11.8 Å². The first-order valence-electron chi connectivity index (χ1n) is 7.76. The van der Waals surface area contributed by atoms with Crippen LogP contribution in [0, 0.1) is 16.7 Å². The molecule has 5 heteroatoms. The first-order valence-corrected chi connectivity index (χ1v) is 9.31. The van der Waals surface area contributed by atoms with Gasteiger partial charge in [0, 0.05) is 5.92 Å². The lowest BCUT2D eigenvalue weighted by Crippen LogP contribution is -2.16. The van der Waals surface area contributed by atoms with E-state index >= 15 is 0 Å². The van der Waals surface area contributed by atoms with Crippen molar-refractivity contribution in [3.63, 3.8) is 0 Å². The first kappa shape index (κ1) is 16.4. The van der Waals surface area contributed by atoms with Gasteiger partial charge in [0.25, 0.3) is 0 Å². The molecular formula is C19H17NO3S. The molecule has 4 nitrogen and oxygen atoms in total. The largest absolute Gasteiger partial charge is 0.302 e. The van der Waals surface area contributed by atoms with Crippen LogP contribution in [0.3, 0.4) is 0 Å². The van der Waals surface area contributed by atoms with Crippen LogP contribution in [-0.4, -0.2) is 20.0 Å². The zero-order valence-electron chi connectivity index (χ0n) is 13.2. The number of aryl methyl sites for hydroxylation is 1. The number of aldehydes is 1. The number of carbonyl (C=O) groups is 1. The van der Waals surface area contributed by atoms with Gasteiger partial charge in [0.1, 0.15) is 17.0 Å². The lowest BCUT2D eigenvalue weighted by molar-refractivity contribution is -0.110. The van der Waals surface area contributed by atoms with Crippen LogP contribution >= 0.6 is 0 Å². The molecule has 0 aromatic heterocycles. The summed E-state index contributed by atoms with van der Waals surface area (Å²) in [6, 6.07) is 17.4. The van der Waals surface area contributed by atoms with Gasteiger partial charge in [0.2, 0.25) is 0 Å². The summed E-state index contributed by atoms with van der Waals surface area (Å²) in [7, 11) is -3.76. The zero-order chi connectivity index (χ0) is 17.4. The molecule has 1 aliphatic rings. The Balaban J connectivity index is 2.06. The third-order valence-corrected chi connectivity index (χ3v) is 6.98. The third kappa shape index (κ3) is 2.35. The summed E-state index contributed by atoms with van der Waals surface area (Å²) in [5.74, 6) is -0.629. The number of rotatable bonds is 5. The van der Waals surface area contributed by atoms with Crippen LogP contribution in [0.2, 0.25) is 0 Å². The molecule has 0 radical (unpaired) electrons. The molecular weight excluding hydrogens is 322 g/mol. The monoisotopic (exact) mass is 339 g/mol. The van der Waals surface area contributed by atoms with Crippen LogP contribution in [0.1, 0.15) is 24.0 Å². The zero-order valence-corrected chi connectivity index (χ0v) is 14.0. The second-order valence-electron chi connectivity index (χ2n) is 6.01. The van der Waals surface area contributed by atoms with Crippen LogP contribution in [0.15, 0.2) is 59.5 Å². The van der Waals surface area contributed by atoms with E-state index in [1.807, 2.05) is 37.3 Å². The fraction of sp³-hybridized carbons (Fsp3) is 0.263. The molecule has 0 aliphatic heterocycles. The van der Waals surface area contributed by atoms with E-state index in [1.165, 1.54) is 12.1 Å². The van der Waals surface area contributed by atoms with Gasteiger partial charge in [0.05, 0.1) is 11.0 Å². The lowest BCUT2D eigenvalue weighted by Gasteiger charge is -2.04. The standard InChI is InChI=1S/C19H17NO3S/c1-2-14-8-10-15(11-9-14)17-18(19(17,12-20)13-21)24(22,23)16-6-4-3-5-7-16/h3-11,13,17-18H,2H2,1H3/t17-,18+,19-/m1/s1. The van der Waals surface area contributed by atoms with Crippen LogP contribution < -0.4 is 0 Å². The summed E-state index contributed by atoms with van der Waals surface area (Å²) in [6.07, 6.45) is 1.37. The fourth-order valence-corrected chi connectivity index (χ4v) is 5.54. The van der Waals surface area contributed by atoms with Crippen LogP contribution in [-0.2, 0) is 21.1 Å². The minimum absolute atomic E-state index is 0.143. The topological polar surface area (TPSA) is 75.0 Å². The highest BCUT2D eigenvalue weighted by Gasteiger charge is 2.72. The van der Waals surface area contributed by atoms with Crippen molar-refractivity contribution in [2.45, 2.75) is 29.4 Å². The van der Waals surface area contributed by atoms with E-state index in [0.717, 1.165) is 12.0 Å². The molecule has 1 aliphatic carbocycles. The first-order chi connectivity index (χ1) is 11.5. The molecule has 0 amide bonds. The molecule has 3 rings (SSSR count). The third-order valence-electron chi connectivity index (χ3n) is 4.72. The molecule has 0 saturated heterocycles. The number of nitrogens with zero attached hydrogens (tertiary/aromatic N) is 1. The van der Waals surface area contributed by atoms with Gasteiger partial charge >= 0.3 is 0 Å². The number of sulfone groups is 1. The predicted octanol–water partition coefficient (Wildman–Crippen LogP) is 2.90. The van der Waals surface area contributed by atoms with Crippen molar-refractivity contribution < 1.29 is 13.2 Å². The summed E-state index contributed by atoms with van der Waals surface area (Å²) in [5.41, 5.74) is 0.323. The highest BCUT2D eigenvalue weighted by atomic mass is 32.2. The van der Waals surface area contributed by atoms with Crippen molar-refractivity contribution in [1.29, 1.82) is 5.26 Å². The molecule has 0 bridgehead atoms. The number of hydrogen-bond donors (Lipinski definition) is 0. The molecule has 0 spiro atoms. The second-order valence-corrected chi connectivity index (χ2v) is 8.08. The average molecular weight is 339 g/mol. The fourth-order valence-electron chi connectivity index (χ4n) is 3.28. The number of hydrogen-bond acceptors (Lipinski definition) is 4. The van der Waals surface area contributed by atoms with E-state index in [2.05, 4.69) is 0 Å². The Hall–Kier alpha value is -2.45. The minimum Gasteiger partial charge on any atom is -0.302 e. The van der Waals surface area contributed by atoms with E-state index in [1.54, 1.807) is 18.2 Å². The van der Waals surface area contributed by atoms with Gasteiger partial charge in [-0.1, -0.05) is 49.4 Å². The highest BCUT2D eigenvalue weighted by Crippen LogP contribution is 2.62. The lowest BCUT2D eigenvalue weighted by atomic mass is 10.0. The Morgan fingerprint density at radius 3 is 2.25 bits per heavy atom. The smallest absolute Gasteiger partial charge is 0.183 e. The molecule has 1 saturated carbocycles. The number of benzene rings is 2. The summed E-state index contributed by atoms with van der Waals surface area (Å²) in [6.45, 7) is 2.03. The molecule has 3 atom stereocenters. The molecule has 1 fully saturated rings. The van der Waals surface area contributed by atoms with Crippen molar-refractivity contribution in [3.05, 3.63) is 65.7 Å². The molecule has 0 unspecified atom stereocenters. The maximum absolute atomic E-state index is 12.9. The van der Waals surface area contributed by atoms with E-state index in [9.17, 15) is 18.5 Å². The van der Waals surface area contributed by atoms with E-state index in [4.69, 9.17) is 0 Å². The summed E-state index contributed by atoms with van der Waals surface area (Å²) < 4.78 is 25.8. The van der Waals surface area contributed by atoms with Crippen molar-refractivity contribution in [3.8, 4) is 6.07 Å². The SMILES string of the molecule is CCc1ccc([C@@H]2[C@H](S(=O)(=O)c3ccccc3)[C@]2(C#N)C=O)cc1. The van der Waals surface area contributed by atoms with Crippen molar-refractivity contribution in [1.82, 2.24) is 0 Å². The summed E-state index contributed by atoms with van der Waals surface area (Å²) in [5, 5.41) is 8.48. The van der Waals surface area contributed by atoms with Crippen LogP contribution in [0.4, 0.5) is 0 Å². The van der Waals surface area contributed by atoms with Gasteiger partial charge in [-0.3, -0.25) is 0 Å². The molecule has 24 heavy (non-hydrogen) atoms. The van der Waals surface area contributed by atoms with Gasteiger partial charge in [-0.15, -0.1) is 0 Å². The Bertz CT molecular complexity index is 898. The van der Waals surface area contributed by atoms with Gasteiger partial charge < -0.3 is 4.79 Å². The van der Waals surface area contributed by atoms with Crippen LogP contribution in [0.25, 0.3) is 0 Å². The Morgan fingerprint density at radius 2 is 1.75 bits per heavy atom. The summed E-state index contributed by atoms with van der Waals surface area (Å²) in [4.78, 5) is 11.8. The maximum atomic E-state index is 12.9. The molecule has 122 valence electrons. The Kier molecular flexibility index (Phi) is 4.02. The Labute approximate surface area is 141 Å². The number of carbonyl (C=O) groups excluding carboxylic acids is 1. The molecule has 2 aromatic rings. The molecule has 0 heterocycles. The van der Waals surface area contributed by atoms with Crippen LogP contribution in [0.5, 0.6) is 0 Å². The average Bonchev–Trinajstić information content (AvgIpc) is 3.33. The Morgan fingerprint density at radius 1 is 1.12 bits per heavy atom. The predicted molar refractivity (Wildman–Crippen MR) is 90.1 cm³/mol. The van der Waals surface area contributed by atoms with Crippen molar-refractivity contribution in [2.24, 2.45) is 5.41 Å². The van der Waals surface area contributed by atoms with E-state index in [-0.39, 0.29) is 4.90 Å². The van der Waals surface area contributed by atoms with Gasteiger partial charge in [0.15, 0.2) is 9.84 Å². The van der Waals surface area contributed by atoms with Gasteiger partial charge in [-0.05, 0) is 29.7 Å². The number of nitriles is 1. The summed E-state index contributed by atoms with van der Waals surface area (Å²) >= 11 is 0. The van der Waals surface area contributed by atoms with Gasteiger partial charge in [-0.2, -0.15) is 5.26 Å². The quantitative estimate of drug-likeness (QED) is 0.785. The maximum Gasteiger partial charge on any atom is 0.183 e. The van der Waals surface area contributed by atoms with E-state index < -0.39 is 26.4 Å². The minimum atomic E-state index is -3.76. The normalized spacial score (nSPS) is 25.7. The second kappa shape index (κ2) is 5.88.